The highest BCUT2D eigenvalue weighted by atomic mass is 16.5. The number of carbonyl (C=O) groups is 2. The maximum atomic E-state index is 13.1. The van der Waals surface area contributed by atoms with Crippen LogP contribution in [-0.2, 0) is 9.59 Å². The molecule has 5 heteroatoms. The summed E-state index contributed by atoms with van der Waals surface area (Å²) in [7, 11) is 1.73. The van der Waals surface area contributed by atoms with Gasteiger partial charge in [0.05, 0.1) is 17.3 Å². The van der Waals surface area contributed by atoms with Gasteiger partial charge >= 0.3 is 5.97 Å². The molecule has 0 spiro atoms. The Morgan fingerprint density at radius 2 is 1.24 bits per heavy atom. The number of likely N-dealkylation sites (N-methyl/N-ethyl adjacent to an activating group) is 1. The Hall–Kier alpha value is -5.16. The molecular formula is C33H23NO4. The minimum Gasteiger partial charge on any atom is -0.457 e. The Labute approximate surface area is 219 Å². The molecule has 6 rings (SSSR count). The van der Waals surface area contributed by atoms with Crippen molar-refractivity contribution in [3.63, 3.8) is 0 Å². The molecule has 0 fully saturated rings. The normalized spacial score (nSPS) is 14.2. The molecule has 0 saturated heterocycles. The number of esters is 1. The van der Waals surface area contributed by atoms with E-state index in [1.54, 1.807) is 24.1 Å². The maximum absolute atomic E-state index is 13.1. The molecule has 38 heavy (non-hydrogen) atoms. The van der Waals surface area contributed by atoms with Gasteiger partial charge in [-0.3, -0.25) is 4.79 Å². The summed E-state index contributed by atoms with van der Waals surface area (Å²) in [5, 5.41) is 4.09. The van der Waals surface area contributed by atoms with Crippen molar-refractivity contribution in [2.24, 2.45) is 0 Å². The Bertz CT molecular complexity index is 1780. The van der Waals surface area contributed by atoms with Crippen LogP contribution < -0.4 is 14.4 Å². The fourth-order valence-corrected chi connectivity index (χ4v) is 4.64. The van der Waals surface area contributed by atoms with Gasteiger partial charge in [0.2, 0.25) is 0 Å². The summed E-state index contributed by atoms with van der Waals surface area (Å²) < 4.78 is 11.8. The number of para-hydroxylation sites is 1. The summed E-state index contributed by atoms with van der Waals surface area (Å²) in [6.45, 7) is 0. The molecule has 1 amide bonds. The number of rotatable bonds is 5. The second-order valence-corrected chi connectivity index (χ2v) is 9.03. The van der Waals surface area contributed by atoms with Crippen LogP contribution in [0.25, 0.3) is 27.1 Å². The molecule has 5 aromatic rings. The molecule has 0 N–H and O–H groups in total. The number of hydrogen-bond donors (Lipinski definition) is 0. The van der Waals surface area contributed by atoms with Gasteiger partial charge in [-0.2, -0.15) is 0 Å². The first-order valence-corrected chi connectivity index (χ1v) is 12.2. The lowest BCUT2D eigenvalue weighted by molar-refractivity contribution is -0.129. The summed E-state index contributed by atoms with van der Waals surface area (Å²) in [5.41, 5.74) is 2.01. The Balaban J connectivity index is 1.37. The fourth-order valence-electron chi connectivity index (χ4n) is 4.64. The van der Waals surface area contributed by atoms with E-state index in [2.05, 4.69) is 0 Å². The van der Waals surface area contributed by atoms with Crippen LogP contribution in [-0.4, -0.2) is 18.9 Å². The van der Waals surface area contributed by atoms with Gasteiger partial charge in [-0.25, -0.2) is 4.79 Å². The third kappa shape index (κ3) is 4.53. The van der Waals surface area contributed by atoms with Crippen LogP contribution in [0.3, 0.4) is 0 Å². The van der Waals surface area contributed by atoms with Gasteiger partial charge in [-0.05, 0) is 58.0 Å². The van der Waals surface area contributed by atoms with E-state index >= 15 is 0 Å². The van der Waals surface area contributed by atoms with Crippen molar-refractivity contribution in [1.82, 2.24) is 0 Å². The van der Waals surface area contributed by atoms with Gasteiger partial charge in [0.25, 0.3) is 5.91 Å². The molecule has 1 heterocycles. The van der Waals surface area contributed by atoms with Crippen molar-refractivity contribution >= 4 is 44.7 Å². The SMILES string of the molecule is CN1C(=O)/C(=C\C(=C/C(=O)Oc2ccc3ccccc3c2)Oc2ccc3ccccc3c2)c2ccccc21. The number of amides is 1. The first kappa shape index (κ1) is 23.3. The summed E-state index contributed by atoms with van der Waals surface area (Å²) in [4.78, 5) is 27.7. The quantitative estimate of drug-likeness (QED) is 0.114. The van der Waals surface area contributed by atoms with Gasteiger partial charge in [0, 0.05) is 12.6 Å². The molecule has 0 bridgehead atoms. The van der Waals surface area contributed by atoms with Crippen molar-refractivity contribution in [2.45, 2.75) is 0 Å². The van der Waals surface area contributed by atoms with Crippen molar-refractivity contribution in [1.29, 1.82) is 0 Å². The Morgan fingerprint density at radius 3 is 1.89 bits per heavy atom. The first-order valence-electron chi connectivity index (χ1n) is 12.2. The molecule has 0 atom stereocenters. The predicted molar refractivity (Wildman–Crippen MR) is 150 cm³/mol. The van der Waals surface area contributed by atoms with E-state index in [4.69, 9.17) is 9.47 Å². The first-order chi connectivity index (χ1) is 18.5. The predicted octanol–water partition coefficient (Wildman–Crippen LogP) is 6.92. The van der Waals surface area contributed by atoms with E-state index in [9.17, 15) is 9.59 Å². The maximum Gasteiger partial charge on any atom is 0.339 e. The highest BCUT2D eigenvalue weighted by Crippen LogP contribution is 2.36. The molecule has 0 saturated carbocycles. The van der Waals surface area contributed by atoms with E-state index in [1.807, 2.05) is 103 Å². The number of fused-ring (bicyclic) bond motifs is 3. The summed E-state index contributed by atoms with van der Waals surface area (Å²) in [6, 6.07) is 34.5. The topological polar surface area (TPSA) is 55.8 Å². The second-order valence-electron chi connectivity index (χ2n) is 9.03. The summed E-state index contributed by atoms with van der Waals surface area (Å²) in [6.07, 6.45) is 2.87. The molecule has 0 radical (unpaired) electrons. The van der Waals surface area contributed by atoms with Crippen molar-refractivity contribution < 1.29 is 19.1 Å². The second kappa shape index (κ2) is 9.71. The lowest BCUT2D eigenvalue weighted by Gasteiger charge is -2.10. The minimum atomic E-state index is -0.611. The van der Waals surface area contributed by atoms with Crippen molar-refractivity contribution in [3.8, 4) is 11.5 Å². The zero-order valence-corrected chi connectivity index (χ0v) is 20.6. The number of nitrogens with zero attached hydrogens (tertiary/aromatic N) is 1. The third-order valence-corrected chi connectivity index (χ3v) is 6.53. The molecule has 184 valence electrons. The van der Waals surface area contributed by atoms with Crippen LogP contribution >= 0.6 is 0 Å². The molecule has 0 aliphatic carbocycles. The number of hydrogen-bond acceptors (Lipinski definition) is 4. The Morgan fingerprint density at radius 1 is 0.684 bits per heavy atom. The van der Waals surface area contributed by atoms with E-state index < -0.39 is 5.97 Å². The standard InChI is InChI=1S/C33H23NO4/c1-34-31-13-7-6-12-29(31)30(33(34)36)20-28(37-26-16-14-22-8-2-4-10-24(22)18-26)21-32(35)38-27-17-15-23-9-3-5-11-25(23)19-27/h2-21H,1H3/b28-21+,30-20-. The lowest BCUT2D eigenvalue weighted by atomic mass is 10.1. The van der Waals surface area contributed by atoms with Crippen LogP contribution in [0.5, 0.6) is 11.5 Å². The van der Waals surface area contributed by atoms with E-state index in [0.29, 0.717) is 17.1 Å². The fraction of sp³-hybridized carbons (Fsp3) is 0.0303. The van der Waals surface area contributed by atoms with Crippen molar-refractivity contribution in [3.05, 3.63) is 133 Å². The number of benzene rings is 5. The van der Waals surface area contributed by atoms with Crippen LogP contribution in [0.15, 0.2) is 127 Å². The van der Waals surface area contributed by atoms with Gasteiger partial charge in [0.1, 0.15) is 17.3 Å². The average molecular weight is 498 g/mol. The summed E-state index contributed by atoms with van der Waals surface area (Å²) in [5.74, 6) is 0.365. The van der Waals surface area contributed by atoms with E-state index in [0.717, 1.165) is 32.8 Å². The largest absolute Gasteiger partial charge is 0.457 e. The zero-order chi connectivity index (χ0) is 26.1. The van der Waals surface area contributed by atoms with Gasteiger partial charge in [-0.15, -0.1) is 0 Å². The van der Waals surface area contributed by atoms with Gasteiger partial charge in [0.15, 0.2) is 0 Å². The van der Waals surface area contributed by atoms with Crippen molar-refractivity contribution in [2.75, 3.05) is 11.9 Å². The average Bonchev–Trinajstić information content (AvgIpc) is 3.17. The highest BCUT2D eigenvalue weighted by molar-refractivity contribution is 6.32. The number of anilines is 1. The van der Waals surface area contributed by atoms with Crippen LogP contribution in [0.4, 0.5) is 5.69 Å². The third-order valence-electron chi connectivity index (χ3n) is 6.53. The Kier molecular flexibility index (Phi) is 5.94. The molecule has 1 aliphatic rings. The molecule has 5 aromatic carbocycles. The lowest BCUT2D eigenvalue weighted by Crippen LogP contribution is -2.20. The van der Waals surface area contributed by atoms with Gasteiger partial charge in [-0.1, -0.05) is 78.9 Å². The molecular weight excluding hydrogens is 474 g/mol. The number of carbonyl (C=O) groups excluding carboxylic acids is 2. The summed E-state index contributed by atoms with van der Waals surface area (Å²) >= 11 is 0. The minimum absolute atomic E-state index is 0.179. The molecule has 1 aliphatic heterocycles. The highest BCUT2D eigenvalue weighted by Gasteiger charge is 2.29. The zero-order valence-electron chi connectivity index (χ0n) is 20.6. The van der Waals surface area contributed by atoms with E-state index in [1.165, 1.54) is 6.08 Å². The molecule has 5 nitrogen and oxygen atoms in total. The van der Waals surface area contributed by atoms with Crippen LogP contribution in [0, 0.1) is 0 Å². The molecule has 0 aromatic heterocycles. The van der Waals surface area contributed by atoms with Crippen LogP contribution in [0.2, 0.25) is 0 Å². The number of allylic oxidation sites excluding steroid dienone is 1. The van der Waals surface area contributed by atoms with E-state index in [-0.39, 0.29) is 11.7 Å². The molecule has 0 unspecified atom stereocenters. The smallest absolute Gasteiger partial charge is 0.339 e. The van der Waals surface area contributed by atoms with Gasteiger partial charge < -0.3 is 14.4 Å². The number of ether oxygens (including phenoxy) is 2. The van der Waals surface area contributed by atoms with Crippen LogP contribution in [0.1, 0.15) is 5.56 Å². The monoisotopic (exact) mass is 497 g/mol.